The molecule has 1 aliphatic rings. The number of nitrogens with zero attached hydrogens (tertiary/aromatic N) is 6. The van der Waals surface area contributed by atoms with Crippen LogP contribution in [0.25, 0.3) is 11.0 Å². The fraction of sp³-hybridized carbons (Fsp3) is 0.292. The summed E-state index contributed by atoms with van der Waals surface area (Å²) in [7, 11) is 2.06. The van der Waals surface area contributed by atoms with Crippen LogP contribution in [0, 0.1) is 5.92 Å². The van der Waals surface area contributed by atoms with Crippen LogP contribution in [-0.2, 0) is 0 Å². The lowest BCUT2D eigenvalue weighted by Crippen LogP contribution is -2.50. The van der Waals surface area contributed by atoms with Crippen LogP contribution in [0.3, 0.4) is 0 Å². The molecule has 0 aromatic carbocycles. The SMILES string of the molecule is CC1CN(c2ncnc3[nH]ccc23)CC1(C)N(C)c1ccc(C(=O)Nc2cccnc2)cn1. The van der Waals surface area contributed by atoms with E-state index in [9.17, 15) is 4.79 Å². The van der Waals surface area contributed by atoms with Crippen LogP contribution in [-0.4, -0.2) is 56.5 Å². The smallest absolute Gasteiger partial charge is 0.257 e. The highest BCUT2D eigenvalue weighted by atomic mass is 16.1. The van der Waals surface area contributed by atoms with Gasteiger partial charge in [0.25, 0.3) is 5.91 Å². The summed E-state index contributed by atoms with van der Waals surface area (Å²) in [6.45, 7) is 6.18. The average molecular weight is 443 g/mol. The molecule has 1 aliphatic heterocycles. The Balaban J connectivity index is 1.33. The van der Waals surface area contributed by atoms with E-state index in [1.165, 1.54) is 0 Å². The molecule has 0 aliphatic carbocycles. The number of anilines is 3. The maximum Gasteiger partial charge on any atom is 0.257 e. The summed E-state index contributed by atoms with van der Waals surface area (Å²) in [6.07, 6.45) is 8.39. The van der Waals surface area contributed by atoms with Crippen molar-refractivity contribution in [3.8, 4) is 0 Å². The summed E-state index contributed by atoms with van der Waals surface area (Å²) in [5.74, 6) is 1.91. The number of aromatic amines is 1. The van der Waals surface area contributed by atoms with E-state index in [4.69, 9.17) is 0 Å². The fourth-order valence-electron chi connectivity index (χ4n) is 4.46. The van der Waals surface area contributed by atoms with E-state index >= 15 is 0 Å². The van der Waals surface area contributed by atoms with Crippen molar-refractivity contribution < 1.29 is 4.79 Å². The third kappa shape index (κ3) is 3.75. The minimum Gasteiger partial charge on any atom is -0.353 e. The van der Waals surface area contributed by atoms with E-state index < -0.39 is 0 Å². The van der Waals surface area contributed by atoms with E-state index in [0.717, 1.165) is 35.8 Å². The molecule has 1 fully saturated rings. The molecule has 9 heteroatoms. The summed E-state index contributed by atoms with van der Waals surface area (Å²) < 4.78 is 0. The Kier molecular flexibility index (Phi) is 5.16. The average Bonchev–Trinajstić information content (AvgIpc) is 3.44. The molecule has 168 valence electrons. The Labute approximate surface area is 191 Å². The first-order valence-corrected chi connectivity index (χ1v) is 10.9. The van der Waals surface area contributed by atoms with Crippen LogP contribution < -0.4 is 15.1 Å². The zero-order chi connectivity index (χ0) is 23.0. The molecule has 9 nitrogen and oxygen atoms in total. The third-order valence-corrected chi connectivity index (χ3v) is 6.74. The lowest BCUT2D eigenvalue weighted by Gasteiger charge is -2.39. The van der Waals surface area contributed by atoms with Crippen molar-refractivity contribution in [1.29, 1.82) is 0 Å². The monoisotopic (exact) mass is 442 g/mol. The van der Waals surface area contributed by atoms with E-state index in [2.05, 4.69) is 60.9 Å². The normalized spacial score (nSPS) is 20.2. The van der Waals surface area contributed by atoms with Gasteiger partial charge in [0.1, 0.15) is 23.6 Å². The van der Waals surface area contributed by atoms with Gasteiger partial charge in [-0.25, -0.2) is 15.0 Å². The van der Waals surface area contributed by atoms with Crippen LogP contribution in [0.2, 0.25) is 0 Å². The maximum atomic E-state index is 12.5. The number of pyridine rings is 2. The fourth-order valence-corrected chi connectivity index (χ4v) is 4.46. The topological polar surface area (TPSA) is 103 Å². The predicted octanol–water partition coefficient (Wildman–Crippen LogP) is 3.35. The van der Waals surface area contributed by atoms with Gasteiger partial charge in [-0.1, -0.05) is 6.92 Å². The first kappa shape index (κ1) is 20.9. The summed E-state index contributed by atoms with van der Waals surface area (Å²) in [6, 6.07) is 9.30. The molecule has 0 bridgehead atoms. The maximum absolute atomic E-state index is 12.5. The van der Waals surface area contributed by atoms with Gasteiger partial charge in [-0.15, -0.1) is 0 Å². The van der Waals surface area contributed by atoms with E-state index in [1.807, 2.05) is 18.3 Å². The van der Waals surface area contributed by atoms with Crippen LogP contribution >= 0.6 is 0 Å². The van der Waals surface area contributed by atoms with Crippen molar-refractivity contribution in [2.75, 3.05) is 35.3 Å². The van der Waals surface area contributed by atoms with Gasteiger partial charge in [-0.05, 0) is 43.2 Å². The number of hydrogen-bond donors (Lipinski definition) is 2. The predicted molar refractivity (Wildman–Crippen MR) is 129 cm³/mol. The molecule has 5 rings (SSSR count). The Hall–Kier alpha value is -4.01. The first-order chi connectivity index (χ1) is 16.0. The van der Waals surface area contributed by atoms with Gasteiger partial charge in [0.2, 0.25) is 0 Å². The zero-order valence-corrected chi connectivity index (χ0v) is 18.9. The zero-order valence-electron chi connectivity index (χ0n) is 18.9. The first-order valence-electron chi connectivity index (χ1n) is 10.9. The van der Waals surface area contributed by atoms with Crippen molar-refractivity contribution in [3.63, 3.8) is 0 Å². The van der Waals surface area contributed by atoms with Gasteiger partial charge < -0.3 is 20.1 Å². The Morgan fingerprint density at radius 3 is 2.85 bits per heavy atom. The van der Waals surface area contributed by atoms with Gasteiger partial charge in [-0.2, -0.15) is 0 Å². The van der Waals surface area contributed by atoms with E-state index in [1.54, 1.807) is 43.1 Å². The molecule has 5 heterocycles. The van der Waals surface area contributed by atoms with Gasteiger partial charge >= 0.3 is 0 Å². The number of fused-ring (bicyclic) bond motifs is 1. The Morgan fingerprint density at radius 1 is 1.21 bits per heavy atom. The van der Waals surface area contributed by atoms with Crippen molar-refractivity contribution in [3.05, 3.63) is 67.0 Å². The largest absolute Gasteiger partial charge is 0.353 e. The second-order valence-corrected chi connectivity index (χ2v) is 8.74. The van der Waals surface area contributed by atoms with Crippen molar-refractivity contribution in [2.45, 2.75) is 19.4 Å². The number of carbonyl (C=O) groups excluding carboxylic acids is 1. The summed E-state index contributed by atoms with van der Waals surface area (Å²) in [4.78, 5) is 37.7. The van der Waals surface area contributed by atoms with Crippen molar-refractivity contribution in [1.82, 2.24) is 24.9 Å². The van der Waals surface area contributed by atoms with Gasteiger partial charge in [0, 0.05) is 38.7 Å². The number of rotatable bonds is 5. The highest BCUT2D eigenvalue weighted by Gasteiger charge is 2.44. The van der Waals surface area contributed by atoms with Crippen LogP contribution in [0.4, 0.5) is 17.3 Å². The lowest BCUT2D eigenvalue weighted by molar-refractivity contribution is 0.102. The van der Waals surface area contributed by atoms with Crippen molar-refractivity contribution in [2.24, 2.45) is 5.92 Å². The molecule has 0 saturated carbocycles. The number of nitrogens with one attached hydrogen (secondary N) is 2. The summed E-state index contributed by atoms with van der Waals surface area (Å²) in [5.41, 5.74) is 1.83. The highest BCUT2D eigenvalue weighted by Crippen LogP contribution is 2.37. The number of carbonyl (C=O) groups is 1. The molecule has 1 amide bonds. The summed E-state index contributed by atoms with van der Waals surface area (Å²) in [5, 5.41) is 3.86. The van der Waals surface area contributed by atoms with Crippen LogP contribution in [0.5, 0.6) is 0 Å². The standard InChI is InChI=1S/C24H26N8O/c1-16-13-32(22-19-8-10-26-21(19)28-15-29-22)14-24(16,2)31(3)20-7-6-17(11-27-20)23(33)30-18-5-4-9-25-12-18/h4-12,15-16H,13-14H2,1-3H3,(H,30,33)(H,26,28,29). The van der Waals surface area contributed by atoms with Crippen LogP contribution in [0.15, 0.2) is 61.4 Å². The molecule has 2 N–H and O–H groups in total. The molecule has 0 spiro atoms. The molecule has 0 radical (unpaired) electrons. The van der Waals surface area contributed by atoms with E-state index in [-0.39, 0.29) is 11.4 Å². The number of H-pyrrole nitrogens is 1. The molecule has 4 aromatic heterocycles. The minimum atomic E-state index is -0.212. The molecular weight excluding hydrogens is 416 g/mol. The number of amides is 1. The Bertz CT molecular complexity index is 1270. The van der Waals surface area contributed by atoms with Gasteiger partial charge in [0.15, 0.2) is 0 Å². The molecule has 2 unspecified atom stereocenters. The van der Waals surface area contributed by atoms with Crippen LogP contribution in [0.1, 0.15) is 24.2 Å². The molecular formula is C24H26N8O. The summed E-state index contributed by atoms with van der Waals surface area (Å²) >= 11 is 0. The Morgan fingerprint density at radius 2 is 2.09 bits per heavy atom. The number of hydrogen-bond acceptors (Lipinski definition) is 7. The number of aromatic nitrogens is 5. The highest BCUT2D eigenvalue weighted by molar-refractivity contribution is 6.04. The third-order valence-electron chi connectivity index (χ3n) is 6.74. The minimum absolute atomic E-state index is 0.167. The molecule has 2 atom stereocenters. The second-order valence-electron chi connectivity index (χ2n) is 8.74. The van der Waals surface area contributed by atoms with Crippen molar-refractivity contribution >= 4 is 34.3 Å². The molecule has 33 heavy (non-hydrogen) atoms. The quantitative estimate of drug-likeness (QED) is 0.489. The number of likely N-dealkylation sites (N-methyl/N-ethyl adjacent to an activating group) is 1. The molecule has 4 aromatic rings. The van der Waals surface area contributed by atoms with E-state index in [0.29, 0.717) is 17.2 Å². The van der Waals surface area contributed by atoms with Gasteiger partial charge in [0.05, 0.1) is 28.4 Å². The molecule has 1 saturated heterocycles. The second kappa shape index (κ2) is 8.16. The lowest BCUT2D eigenvalue weighted by atomic mass is 9.89. The van der Waals surface area contributed by atoms with Gasteiger partial charge in [-0.3, -0.25) is 9.78 Å².